The lowest BCUT2D eigenvalue weighted by Gasteiger charge is -2.29. The van der Waals surface area contributed by atoms with Crippen molar-refractivity contribution in [2.24, 2.45) is 0 Å². The summed E-state index contributed by atoms with van der Waals surface area (Å²) in [6.45, 7) is 1.65. The topological polar surface area (TPSA) is 57.7 Å². The number of rotatable bonds is 4. The lowest BCUT2D eigenvalue weighted by atomic mass is 9.99. The summed E-state index contributed by atoms with van der Waals surface area (Å²) >= 11 is 0. The Morgan fingerprint density at radius 1 is 0.885 bits per heavy atom. The predicted octanol–water partition coefficient (Wildman–Crippen LogP) is 2.65. The number of carbonyl (C=O) groups excluding carboxylic acids is 3. The van der Waals surface area contributed by atoms with E-state index in [1.54, 1.807) is 24.3 Å². The van der Waals surface area contributed by atoms with E-state index in [4.69, 9.17) is 0 Å². The van der Waals surface area contributed by atoms with Crippen LogP contribution in [0.5, 0.6) is 0 Å². The van der Waals surface area contributed by atoms with Gasteiger partial charge in [-0.2, -0.15) is 0 Å². The standard InChI is InChI=1S/C21H20N2O3/c24-19(22-13-11-15-6-1-2-7-16(15)14-22)10-5-12-23-20(25)17-8-3-4-9-18(17)21(23)26/h1-4,6-9H,5,10-14H2. The molecule has 0 spiro atoms. The van der Waals surface area contributed by atoms with Crippen molar-refractivity contribution in [3.8, 4) is 0 Å². The first-order valence-electron chi connectivity index (χ1n) is 8.95. The molecular formula is C21H20N2O3. The van der Waals surface area contributed by atoms with E-state index in [-0.39, 0.29) is 24.3 Å². The molecule has 0 fully saturated rings. The molecule has 2 heterocycles. The Hall–Kier alpha value is -2.95. The zero-order valence-corrected chi connectivity index (χ0v) is 14.5. The maximum Gasteiger partial charge on any atom is 0.261 e. The van der Waals surface area contributed by atoms with Gasteiger partial charge in [-0.1, -0.05) is 36.4 Å². The minimum Gasteiger partial charge on any atom is -0.338 e. The van der Waals surface area contributed by atoms with E-state index in [2.05, 4.69) is 12.1 Å². The summed E-state index contributed by atoms with van der Waals surface area (Å²) in [7, 11) is 0. The molecule has 2 aliphatic heterocycles. The molecule has 2 aromatic carbocycles. The third kappa shape index (κ3) is 2.90. The Balaban J connectivity index is 1.33. The predicted molar refractivity (Wildman–Crippen MR) is 96.6 cm³/mol. The lowest BCUT2D eigenvalue weighted by Crippen LogP contribution is -2.37. The van der Waals surface area contributed by atoms with Crippen LogP contribution in [0, 0.1) is 0 Å². The summed E-state index contributed by atoms with van der Waals surface area (Å²) < 4.78 is 0. The zero-order chi connectivity index (χ0) is 18.1. The largest absolute Gasteiger partial charge is 0.338 e. The minimum absolute atomic E-state index is 0.0797. The highest BCUT2D eigenvalue weighted by atomic mass is 16.2. The molecule has 0 bridgehead atoms. The van der Waals surface area contributed by atoms with E-state index in [1.807, 2.05) is 17.0 Å². The number of carbonyl (C=O) groups is 3. The van der Waals surface area contributed by atoms with Crippen LogP contribution in [0.4, 0.5) is 0 Å². The molecule has 132 valence electrons. The fourth-order valence-corrected chi connectivity index (χ4v) is 3.70. The van der Waals surface area contributed by atoms with Crippen LogP contribution in [0.15, 0.2) is 48.5 Å². The van der Waals surface area contributed by atoms with E-state index >= 15 is 0 Å². The lowest BCUT2D eigenvalue weighted by molar-refractivity contribution is -0.132. The highest BCUT2D eigenvalue weighted by molar-refractivity contribution is 6.21. The molecule has 0 unspecified atom stereocenters. The molecule has 0 N–H and O–H groups in total. The van der Waals surface area contributed by atoms with Crippen molar-refractivity contribution in [3.63, 3.8) is 0 Å². The Labute approximate surface area is 152 Å². The van der Waals surface area contributed by atoms with Crippen LogP contribution in [0.2, 0.25) is 0 Å². The van der Waals surface area contributed by atoms with E-state index in [9.17, 15) is 14.4 Å². The van der Waals surface area contributed by atoms with Gasteiger partial charge in [-0.3, -0.25) is 19.3 Å². The summed E-state index contributed by atoms with van der Waals surface area (Å²) in [5.41, 5.74) is 3.42. The van der Waals surface area contributed by atoms with Crippen LogP contribution >= 0.6 is 0 Å². The van der Waals surface area contributed by atoms with Crippen LogP contribution in [-0.4, -0.2) is 40.6 Å². The molecular weight excluding hydrogens is 328 g/mol. The van der Waals surface area contributed by atoms with Crippen molar-refractivity contribution in [2.75, 3.05) is 13.1 Å². The van der Waals surface area contributed by atoms with Gasteiger partial charge in [0, 0.05) is 26.1 Å². The fourth-order valence-electron chi connectivity index (χ4n) is 3.70. The van der Waals surface area contributed by atoms with Gasteiger partial charge in [0.1, 0.15) is 0 Å². The molecule has 5 heteroatoms. The van der Waals surface area contributed by atoms with Crippen LogP contribution < -0.4 is 0 Å². The zero-order valence-electron chi connectivity index (χ0n) is 14.5. The van der Waals surface area contributed by atoms with Crippen LogP contribution in [0.3, 0.4) is 0 Å². The maximum absolute atomic E-state index is 12.5. The SMILES string of the molecule is O=C(CCCN1C(=O)c2ccccc2C1=O)N1CCc2ccccc2C1. The van der Waals surface area contributed by atoms with E-state index in [0.29, 0.717) is 30.5 Å². The number of benzene rings is 2. The molecule has 3 amide bonds. The smallest absolute Gasteiger partial charge is 0.261 e. The summed E-state index contributed by atoms with van der Waals surface area (Å²) in [6.07, 6.45) is 1.71. The normalized spacial score (nSPS) is 15.8. The average Bonchev–Trinajstić information content (AvgIpc) is 2.92. The molecule has 0 radical (unpaired) electrons. The number of hydrogen-bond acceptors (Lipinski definition) is 3. The third-order valence-electron chi connectivity index (χ3n) is 5.13. The molecule has 0 saturated heterocycles. The maximum atomic E-state index is 12.5. The monoisotopic (exact) mass is 348 g/mol. The number of fused-ring (bicyclic) bond motifs is 2. The van der Waals surface area contributed by atoms with E-state index < -0.39 is 0 Å². The molecule has 0 aromatic heterocycles. The Morgan fingerprint density at radius 2 is 1.50 bits per heavy atom. The summed E-state index contributed by atoms with van der Waals surface area (Å²) in [5, 5.41) is 0. The van der Waals surface area contributed by atoms with Gasteiger partial charge in [0.05, 0.1) is 11.1 Å². The second-order valence-electron chi connectivity index (χ2n) is 6.75. The molecule has 4 rings (SSSR count). The summed E-state index contributed by atoms with van der Waals surface area (Å²) in [4.78, 5) is 40.3. The highest BCUT2D eigenvalue weighted by Crippen LogP contribution is 2.23. The van der Waals surface area contributed by atoms with Gasteiger partial charge in [0.25, 0.3) is 11.8 Å². The molecule has 26 heavy (non-hydrogen) atoms. The third-order valence-corrected chi connectivity index (χ3v) is 5.13. The average molecular weight is 348 g/mol. The molecule has 0 saturated carbocycles. The van der Waals surface area contributed by atoms with E-state index in [1.165, 1.54) is 16.0 Å². The van der Waals surface area contributed by atoms with Crippen LogP contribution in [0.1, 0.15) is 44.7 Å². The summed E-state index contributed by atoms with van der Waals surface area (Å²) in [5.74, 6) is -0.439. The first kappa shape index (κ1) is 16.5. The van der Waals surface area contributed by atoms with Gasteiger partial charge >= 0.3 is 0 Å². The number of imide groups is 1. The van der Waals surface area contributed by atoms with Crippen molar-refractivity contribution >= 4 is 17.7 Å². The van der Waals surface area contributed by atoms with Crippen molar-refractivity contribution in [3.05, 3.63) is 70.8 Å². The Bertz CT molecular complexity index is 855. The summed E-state index contributed by atoms with van der Waals surface area (Å²) in [6, 6.07) is 15.1. The van der Waals surface area contributed by atoms with Gasteiger partial charge < -0.3 is 4.90 Å². The molecule has 2 aromatic rings. The second kappa shape index (κ2) is 6.75. The number of hydrogen-bond donors (Lipinski definition) is 0. The van der Waals surface area contributed by atoms with Crippen LogP contribution in [-0.2, 0) is 17.8 Å². The molecule has 5 nitrogen and oxygen atoms in total. The highest BCUT2D eigenvalue weighted by Gasteiger charge is 2.34. The Morgan fingerprint density at radius 3 is 2.19 bits per heavy atom. The second-order valence-corrected chi connectivity index (χ2v) is 6.75. The first-order valence-corrected chi connectivity index (χ1v) is 8.95. The number of amides is 3. The van der Waals surface area contributed by atoms with Gasteiger partial charge in [-0.15, -0.1) is 0 Å². The van der Waals surface area contributed by atoms with E-state index in [0.717, 1.165) is 13.0 Å². The van der Waals surface area contributed by atoms with Crippen LogP contribution in [0.25, 0.3) is 0 Å². The van der Waals surface area contributed by atoms with Gasteiger partial charge in [-0.05, 0) is 36.1 Å². The van der Waals surface area contributed by atoms with Gasteiger partial charge in [0.2, 0.25) is 5.91 Å². The molecule has 2 aliphatic rings. The number of nitrogens with zero attached hydrogens (tertiary/aromatic N) is 2. The Kier molecular flexibility index (Phi) is 4.29. The van der Waals surface area contributed by atoms with Gasteiger partial charge in [0.15, 0.2) is 0 Å². The van der Waals surface area contributed by atoms with Crippen molar-refractivity contribution in [1.82, 2.24) is 9.80 Å². The fraction of sp³-hybridized carbons (Fsp3) is 0.286. The van der Waals surface area contributed by atoms with Crippen molar-refractivity contribution in [1.29, 1.82) is 0 Å². The van der Waals surface area contributed by atoms with Gasteiger partial charge in [-0.25, -0.2) is 0 Å². The quantitative estimate of drug-likeness (QED) is 0.798. The minimum atomic E-state index is -0.259. The molecule has 0 aliphatic carbocycles. The molecule has 0 atom stereocenters. The van der Waals surface area contributed by atoms with Crippen molar-refractivity contribution in [2.45, 2.75) is 25.8 Å². The van der Waals surface area contributed by atoms with Crippen molar-refractivity contribution < 1.29 is 14.4 Å². The first-order chi connectivity index (χ1) is 12.6.